The van der Waals surface area contributed by atoms with Gasteiger partial charge in [-0.05, 0) is 6.92 Å². The number of ketones is 1. The van der Waals surface area contributed by atoms with Crippen molar-refractivity contribution in [2.24, 2.45) is 0 Å². The highest BCUT2D eigenvalue weighted by Gasteiger charge is 2.23. The van der Waals surface area contributed by atoms with Gasteiger partial charge in [0.25, 0.3) is 10.1 Å². The molecule has 6 heteroatoms. The van der Waals surface area contributed by atoms with Gasteiger partial charge in [0.2, 0.25) is 5.44 Å². The number of carbonyl (C=O) groups is 1. The van der Waals surface area contributed by atoms with Gasteiger partial charge in [-0.3, -0.25) is 9.35 Å². The lowest BCUT2D eigenvalue weighted by Crippen LogP contribution is -2.26. The van der Waals surface area contributed by atoms with Crippen molar-refractivity contribution in [3.63, 3.8) is 0 Å². The fourth-order valence-electron chi connectivity index (χ4n) is 0.210. The first-order valence-corrected chi connectivity index (χ1v) is 3.51. The molecular formula is C3H6O5S. The Morgan fingerprint density at radius 2 is 1.89 bits per heavy atom. The lowest BCUT2D eigenvalue weighted by molar-refractivity contribution is -0.121. The fourth-order valence-corrected chi connectivity index (χ4v) is 0.629. The molecule has 0 saturated carbocycles. The van der Waals surface area contributed by atoms with Crippen LogP contribution in [0.1, 0.15) is 6.92 Å². The first-order valence-electron chi connectivity index (χ1n) is 2.00. The zero-order valence-electron chi connectivity index (χ0n) is 4.60. The van der Waals surface area contributed by atoms with Gasteiger partial charge >= 0.3 is 0 Å². The molecule has 0 aromatic heterocycles. The highest BCUT2D eigenvalue weighted by Crippen LogP contribution is 1.93. The van der Waals surface area contributed by atoms with E-state index >= 15 is 0 Å². The minimum Gasteiger partial charge on any atom is -0.369 e. The Hall–Kier alpha value is -0.460. The van der Waals surface area contributed by atoms with E-state index in [1.165, 1.54) is 0 Å². The summed E-state index contributed by atoms with van der Waals surface area (Å²) in [6.07, 6.45) is 0. The van der Waals surface area contributed by atoms with Crippen LogP contribution in [0, 0.1) is 0 Å². The Morgan fingerprint density at radius 3 is 1.89 bits per heavy atom. The third-order valence-electron chi connectivity index (χ3n) is 0.630. The molecule has 54 valence electrons. The van der Waals surface area contributed by atoms with Crippen molar-refractivity contribution in [2.45, 2.75) is 12.4 Å². The lowest BCUT2D eigenvalue weighted by Gasteiger charge is -1.99. The highest BCUT2D eigenvalue weighted by molar-refractivity contribution is 7.87. The van der Waals surface area contributed by atoms with Gasteiger partial charge in [-0.1, -0.05) is 0 Å². The Balaban J connectivity index is 4.43. The number of hydrogen-bond donors (Lipinski definition) is 2. The summed E-state index contributed by atoms with van der Waals surface area (Å²) < 4.78 is 27.7. The molecule has 0 heterocycles. The van der Waals surface area contributed by atoms with Gasteiger partial charge in [0.05, 0.1) is 0 Å². The Labute approximate surface area is 52.1 Å². The van der Waals surface area contributed by atoms with Crippen LogP contribution in [0.2, 0.25) is 0 Å². The molecule has 9 heavy (non-hydrogen) atoms. The number of Topliss-reactive ketones (excluding diaryl/α,β-unsaturated/α-hetero) is 1. The van der Waals surface area contributed by atoms with Crippen molar-refractivity contribution in [2.75, 3.05) is 0 Å². The molecule has 0 rings (SSSR count). The van der Waals surface area contributed by atoms with Crippen LogP contribution in [0.15, 0.2) is 0 Å². The van der Waals surface area contributed by atoms with Crippen molar-refractivity contribution >= 4 is 15.9 Å². The van der Waals surface area contributed by atoms with Gasteiger partial charge in [0.15, 0.2) is 5.78 Å². The van der Waals surface area contributed by atoms with E-state index in [9.17, 15) is 13.2 Å². The zero-order valence-corrected chi connectivity index (χ0v) is 5.42. The first kappa shape index (κ1) is 8.54. The van der Waals surface area contributed by atoms with Crippen molar-refractivity contribution < 1.29 is 22.9 Å². The maximum atomic E-state index is 10.0. The fraction of sp³-hybridized carbons (Fsp3) is 0.667. The van der Waals surface area contributed by atoms with E-state index in [1.54, 1.807) is 0 Å². The number of aliphatic hydroxyl groups excluding tert-OH is 1. The first-order chi connectivity index (χ1) is 3.85. The van der Waals surface area contributed by atoms with E-state index in [-0.39, 0.29) is 0 Å². The maximum Gasteiger partial charge on any atom is 0.299 e. The minimum absolute atomic E-state index is 0.860. The second kappa shape index (κ2) is 2.42. The van der Waals surface area contributed by atoms with E-state index in [0.717, 1.165) is 6.92 Å². The van der Waals surface area contributed by atoms with E-state index in [1.807, 2.05) is 0 Å². The topological polar surface area (TPSA) is 91.7 Å². The molecule has 0 aromatic carbocycles. The van der Waals surface area contributed by atoms with Gasteiger partial charge in [-0.2, -0.15) is 8.42 Å². The second-order valence-corrected chi connectivity index (χ2v) is 2.95. The molecule has 0 aliphatic carbocycles. The molecule has 5 nitrogen and oxygen atoms in total. The summed E-state index contributed by atoms with van der Waals surface area (Å²) in [4.78, 5) is 10.0. The summed E-state index contributed by atoms with van der Waals surface area (Å²) in [7, 11) is -4.60. The molecular weight excluding hydrogens is 148 g/mol. The molecule has 0 saturated heterocycles. The molecule has 0 amide bonds. The van der Waals surface area contributed by atoms with Gasteiger partial charge < -0.3 is 5.11 Å². The van der Waals surface area contributed by atoms with Crippen LogP contribution >= 0.6 is 0 Å². The van der Waals surface area contributed by atoms with Gasteiger partial charge in [-0.25, -0.2) is 0 Å². The Morgan fingerprint density at radius 1 is 1.56 bits per heavy atom. The third kappa shape index (κ3) is 2.54. The monoisotopic (exact) mass is 154 g/mol. The van der Waals surface area contributed by atoms with Crippen LogP contribution in [0.4, 0.5) is 0 Å². The van der Waals surface area contributed by atoms with Crippen LogP contribution in [0.5, 0.6) is 0 Å². The van der Waals surface area contributed by atoms with Gasteiger partial charge in [0, 0.05) is 0 Å². The molecule has 1 unspecified atom stereocenters. The zero-order chi connectivity index (χ0) is 7.65. The van der Waals surface area contributed by atoms with Crippen molar-refractivity contribution in [1.29, 1.82) is 0 Å². The molecule has 1 atom stereocenters. The van der Waals surface area contributed by atoms with Crippen LogP contribution in [0.25, 0.3) is 0 Å². The van der Waals surface area contributed by atoms with Crippen LogP contribution < -0.4 is 0 Å². The largest absolute Gasteiger partial charge is 0.369 e. The predicted molar refractivity (Wildman–Crippen MR) is 28.2 cm³/mol. The maximum absolute atomic E-state index is 10.0. The van der Waals surface area contributed by atoms with E-state index in [4.69, 9.17) is 9.66 Å². The van der Waals surface area contributed by atoms with Crippen molar-refractivity contribution in [3.05, 3.63) is 0 Å². The van der Waals surface area contributed by atoms with E-state index in [2.05, 4.69) is 0 Å². The molecule has 0 radical (unpaired) electrons. The summed E-state index contributed by atoms with van der Waals surface area (Å²) in [6, 6.07) is 0. The summed E-state index contributed by atoms with van der Waals surface area (Å²) >= 11 is 0. The average molecular weight is 154 g/mol. The summed E-state index contributed by atoms with van der Waals surface area (Å²) in [5.41, 5.74) is -2.29. The predicted octanol–water partition coefficient (Wildman–Crippen LogP) is -1.22. The number of rotatable bonds is 2. The lowest BCUT2D eigenvalue weighted by atomic mass is 10.5. The quantitative estimate of drug-likeness (QED) is 0.486. The van der Waals surface area contributed by atoms with Crippen LogP contribution in [-0.2, 0) is 14.9 Å². The summed E-state index contributed by atoms with van der Waals surface area (Å²) in [6.45, 7) is 0.860. The molecule has 2 N–H and O–H groups in total. The van der Waals surface area contributed by atoms with Crippen molar-refractivity contribution in [1.82, 2.24) is 0 Å². The molecule has 0 aromatic rings. The molecule has 0 aliphatic rings. The third-order valence-corrected chi connectivity index (χ3v) is 1.53. The van der Waals surface area contributed by atoms with Crippen LogP contribution in [-0.4, -0.2) is 29.3 Å². The smallest absolute Gasteiger partial charge is 0.299 e. The molecule has 0 aliphatic heterocycles. The van der Waals surface area contributed by atoms with Gasteiger partial charge in [0.1, 0.15) is 0 Å². The summed E-state index contributed by atoms with van der Waals surface area (Å²) in [5.74, 6) is -1.00. The summed E-state index contributed by atoms with van der Waals surface area (Å²) in [5, 5.41) is 8.28. The minimum atomic E-state index is -4.60. The number of carbonyl (C=O) groups excluding carboxylic acids is 1. The van der Waals surface area contributed by atoms with Gasteiger partial charge in [-0.15, -0.1) is 0 Å². The van der Waals surface area contributed by atoms with E-state index in [0.29, 0.717) is 0 Å². The standard InChI is InChI=1S/C3H6O5S/c1-2(4)3(5)9(6,7)8/h3,5H,1H3,(H,6,7,8). The van der Waals surface area contributed by atoms with E-state index < -0.39 is 21.3 Å². The van der Waals surface area contributed by atoms with Crippen LogP contribution in [0.3, 0.4) is 0 Å². The van der Waals surface area contributed by atoms with Crippen molar-refractivity contribution in [3.8, 4) is 0 Å². The molecule has 0 bridgehead atoms. The Kier molecular flexibility index (Phi) is 2.30. The second-order valence-electron chi connectivity index (χ2n) is 1.48. The SMILES string of the molecule is CC(=O)C(O)S(=O)(=O)O. The molecule has 0 fully saturated rings. The highest BCUT2D eigenvalue weighted by atomic mass is 32.2. The number of aliphatic hydroxyl groups is 1. The Bertz CT molecular complexity index is 202. The average Bonchev–Trinajstić information content (AvgIpc) is 1.62. The normalized spacial score (nSPS) is 15.0. The number of hydrogen-bond acceptors (Lipinski definition) is 4. The molecule has 0 spiro atoms.